The third kappa shape index (κ3) is 4.64. The molecule has 21 heavy (non-hydrogen) atoms. The summed E-state index contributed by atoms with van der Waals surface area (Å²) in [6, 6.07) is 14.1. The fourth-order valence-electron chi connectivity index (χ4n) is 2.04. The number of ether oxygens (including phenoxy) is 2. The van der Waals surface area contributed by atoms with Crippen molar-refractivity contribution in [2.75, 3.05) is 14.2 Å². The summed E-state index contributed by atoms with van der Waals surface area (Å²) in [7, 11) is 3.37. The highest BCUT2D eigenvalue weighted by Crippen LogP contribution is 2.23. The van der Waals surface area contributed by atoms with Gasteiger partial charge in [0.25, 0.3) is 0 Å². The average molecular weight is 347 g/mol. The maximum atomic E-state index is 5.26. The van der Waals surface area contributed by atoms with Crippen molar-refractivity contribution in [3.8, 4) is 11.5 Å². The molecule has 2 nitrogen and oxygen atoms in total. The molecule has 2 aromatic rings. The largest absolute Gasteiger partial charge is 0.497 e. The first-order chi connectivity index (χ1) is 10.2. The van der Waals surface area contributed by atoms with E-state index in [-0.39, 0.29) is 0 Å². The molecule has 0 saturated carbocycles. The SMILES string of the molecule is COc1ccc(/C=C\CCc2cc(OC)ccc2Br)cc1. The lowest BCUT2D eigenvalue weighted by atomic mass is 10.1. The summed E-state index contributed by atoms with van der Waals surface area (Å²) < 4.78 is 11.5. The molecule has 3 heteroatoms. The van der Waals surface area contributed by atoms with Gasteiger partial charge in [-0.15, -0.1) is 0 Å². The zero-order valence-corrected chi connectivity index (χ0v) is 13.9. The van der Waals surface area contributed by atoms with Gasteiger partial charge in [0.05, 0.1) is 14.2 Å². The second-order valence-electron chi connectivity index (χ2n) is 4.67. The highest BCUT2D eigenvalue weighted by molar-refractivity contribution is 9.10. The van der Waals surface area contributed by atoms with Crippen molar-refractivity contribution >= 4 is 22.0 Å². The highest BCUT2D eigenvalue weighted by atomic mass is 79.9. The number of benzene rings is 2. The van der Waals surface area contributed by atoms with Crippen molar-refractivity contribution in [3.05, 3.63) is 64.1 Å². The zero-order valence-electron chi connectivity index (χ0n) is 12.3. The van der Waals surface area contributed by atoms with Crippen LogP contribution in [0.5, 0.6) is 11.5 Å². The maximum Gasteiger partial charge on any atom is 0.119 e. The number of hydrogen-bond acceptors (Lipinski definition) is 2. The van der Waals surface area contributed by atoms with Gasteiger partial charge in [-0.25, -0.2) is 0 Å². The second-order valence-corrected chi connectivity index (χ2v) is 5.53. The van der Waals surface area contributed by atoms with Crippen LogP contribution in [-0.4, -0.2) is 14.2 Å². The first-order valence-corrected chi connectivity index (χ1v) is 7.65. The number of methoxy groups -OCH3 is 2. The van der Waals surface area contributed by atoms with Gasteiger partial charge >= 0.3 is 0 Å². The second kappa shape index (κ2) is 7.89. The van der Waals surface area contributed by atoms with Crippen LogP contribution >= 0.6 is 15.9 Å². The Labute approximate surface area is 134 Å². The van der Waals surface area contributed by atoms with Gasteiger partial charge in [0.2, 0.25) is 0 Å². The van der Waals surface area contributed by atoms with Gasteiger partial charge in [-0.1, -0.05) is 40.2 Å². The van der Waals surface area contributed by atoms with Gasteiger partial charge in [-0.2, -0.15) is 0 Å². The molecule has 2 rings (SSSR count). The predicted octanol–water partition coefficient (Wildman–Crippen LogP) is 5.11. The summed E-state index contributed by atoms with van der Waals surface area (Å²) in [6.07, 6.45) is 6.28. The van der Waals surface area contributed by atoms with Crippen molar-refractivity contribution < 1.29 is 9.47 Å². The van der Waals surface area contributed by atoms with Crippen LogP contribution in [0.25, 0.3) is 6.08 Å². The molecule has 0 aliphatic carbocycles. The number of allylic oxidation sites excluding steroid dienone is 1. The minimum atomic E-state index is 0.882. The van der Waals surface area contributed by atoms with Crippen molar-refractivity contribution in [1.29, 1.82) is 0 Å². The molecule has 0 heterocycles. The molecule has 0 amide bonds. The molecule has 0 radical (unpaired) electrons. The molecule has 0 unspecified atom stereocenters. The Morgan fingerprint density at radius 3 is 2.29 bits per heavy atom. The van der Waals surface area contributed by atoms with Gasteiger partial charge in [-0.3, -0.25) is 0 Å². The molecule has 0 aliphatic rings. The van der Waals surface area contributed by atoms with Gasteiger partial charge in [0.1, 0.15) is 11.5 Å². The lowest BCUT2D eigenvalue weighted by Crippen LogP contribution is -1.89. The molecule has 0 spiro atoms. The Morgan fingerprint density at radius 2 is 1.62 bits per heavy atom. The van der Waals surface area contributed by atoms with Crippen molar-refractivity contribution in [3.63, 3.8) is 0 Å². The van der Waals surface area contributed by atoms with Crippen LogP contribution < -0.4 is 9.47 Å². The number of aryl methyl sites for hydroxylation is 1. The minimum absolute atomic E-state index is 0.882. The first kappa shape index (κ1) is 15.6. The fourth-order valence-corrected chi connectivity index (χ4v) is 2.49. The molecule has 0 bridgehead atoms. The van der Waals surface area contributed by atoms with Crippen LogP contribution in [0, 0.1) is 0 Å². The molecule has 0 aromatic heterocycles. The quantitative estimate of drug-likeness (QED) is 0.723. The van der Waals surface area contributed by atoms with E-state index in [9.17, 15) is 0 Å². The van der Waals surface area contributed by atoms with Crippen LogP contribution in [-0.2, 0) is 6.42 Å². The van der Waals surface area contributed by atoms with Crippen LogP contribution in [0.15, 0.2) is 53.0 Å². The summed E-state index contributed by atoms with van der Waals surface area (Å²) in [5, 5.41) is 0. The Bertz CT molecular complexity index is 603. The molecular weight excluding hydrogens is 328 g/mol. The summed E-state index contributed by atoms with van der Waals surface area (Å²) in [5.41, 5.74) is 2.44. The number of rotatable bonds is 6. The Morgan fingerprint density at radius 1 is 0.952 bits per heavy atom. The van der Waals surface area contributed by atoms with Crippen molar-refractivity contribution in [2.24, 2.45) is 0 Å². The summed E-state index contributed by atoms with van der Waals surface area (Å²) in [6.45, 7) is 0. The normalized spacial score (nSPS) is 10.8. The molecule has 0 aliphatic heterocycles. The van der Waals surface area contributed by atoms with Crippen LogP contribution in [0.2, 0.25) is 0 Å². The Hall–Kier alpha value is -1.74. The van der Waals surface area contributed by atoms with Gasteiger partial charge in [-0.05, 0) is 54.3 Å². The predicted molar refractivity (Wildman–Crippen MR) is 91.0 cm³/mol. The standard InChI is InChI=1S/C18H19BrO2/c1-20-16-9-7-14(8-10-16)5-3-4-6-15-13-17(21-2)11-12-18(15)19/h3,5,7-13H,4,6H2,1-2H3/b5-3-. The number of hydrogen-bond donors (Lipinski definition) is 0. The zero-order chi connectivity index (χ0) is 15.1. The van der Waals surface area contributed by atoms with Crippen molar-refractivity contribution in [2.45, 2.75) is 12.8 Å². The van der Waals surface area contributed by atoms with Gasteiger partial charge < -0.3 is 9.47 Å². The maximum absolute atomic E-state index is 5.26. The summed E-state index contributed by atoms with van der Waals surface area (Å²) >= 11 is 3.58. The van der Waals surface area contributed by atoms with E-state index >= 15 is 0 Å². The molecule has 0 atom stereocenters. The van der Waals surface area contributed by atoms with E-state index in [0.29, 0.717) is 0 Å². The van der Waals surface area contributed by atoms with E-state index in [2.05, 4.69) is 46.3 Å². The van der Waals surface area contributed by atoms with Crippen LogP contribution in [0.4, 0.5) is 0 Å². The van der Waals surface area contributed by atoms with E-state index in [1.807, 2.05) is 24.3 Å². The smallest absolute Gasteiger partial charge is 0.119 e. The monoisotopic (exact) mass is 346 g/mol. The summed E-state index contributed by atoms with van der Waals surface area (Å²) in [4.78, 5) is 0. The topological polar surface area (TPSA) is 18.5 Å². The van der Waals surface area contributed by atoms with Gasteiger partial charge in [0, 0.05) is 4.47 Å². The molecule has 0 saturated heterocycles. The lowest BCUT2D eigenvalue weighted by Gasteiger charge is -2.06. The number of halogens is 1. The van der Waals surface area contributed by atoms with E-state index in [1.54, 1.807) is 14.2 Å². The van der Waals surface area contributed by atoms with E-state index in [0.717, 1.165) is 28.8 Å². The third-order valence-electron chi connectivity index (χ3n) is 3.26. The summed E-state index contributed by atoms with van der Waals surface area (Å²) in [5.74, 6) is 1.78. The average Bonchev–Trinajstić information content (AvgIpc) is 2.53. The molecular formula is C18H19BrO2. The highest BCUT2D eigenvalue weighted by Gasteiger charge is 2.01. The lowest BCUT2D eigenvalue weighted by molar-refractivity contribution is 0.414. The molecule has 0 N–H and O–H groups in total. The van der Waals surface area contributed by atoms with E-state index < -0.39 is 0 Å². The van der Waals surface area contributed by atoms with Gasteiger partial charge in [0.15, 0.2) is 0 Å². The van der Waals surface area contributed by atoms with E-state index in [1.165, 1.54) is 11.1 Å². The molecule has 2 aromatic carbocycles. The van der Waals surface area contributed by atoms with Crippen LogP contribution in [0.1, 0.15) is 17.5 Å². The third-order valence-corrected chi connectivity index (χ3v) is 4.03. The first-order valence-electron chi connectivity index (χ1n) is 6.86. The van der Waals surface area contributed by atoms with Crippen molar-refractivity contribution in [1.82, 2.24) is 0 Å². The molecule has 110 valence electrons. The fraction of sp³-hybridized carbons (Fsp3) is 0.222. The Kier molecular flexibility index (Phi) is 5.88. The Balaban J connectivity index is 1.92. The van der Waals surface area contributed by atoms with Crippen LogP contribution in [0.3, 0.4) is 0 Å². The van der Waals surface area contributed by atoms with E-state index in [4.69, 9.17) is 9.47 Å². The molecule has 0 fully saturated rings. The minimum Gasteiger partial charge on any atom is -0.497 e.